The van der Waals surface area contributed by atoms with E-state index in [0.717, 1.165) is 32.7 Å². The van der Waals surface area contributed by atoms with E-state index in [1.807, 2.05) is 12.1 Å². The first-order valence-electron chi connectivity index (χ1n) is 8.89. The average Bonchev–Trinajstić information content (AvgIpc) is 2.69. The number of nitriles is 1. The zero-order valence-corrected chi connectivity index (χ0v) is 14.5. The fourth-order valence-electron chi connectivity index (χ4n) is 3.71. The van der Waals surface area contributed by atoms with Gasteiger partial charge in [-0.05, 0) is 28.5 Å². The number of fused-ring (bicyclic) bond motifs is 1. The monoisotopic (exact) mass is 345 g/mol. The molecule has 3 aromatic rings. The van der Waals surface area contributed by atoms with Crippen LogP contribution in [0, 0.1) is 17.1 Å². The number of piperazine rings is 1. The van der Waals surface area contributed by atoms with Crippen LogP contribution in [-0.4, -0.2) is 31.1 Å². The Balaban J connectivity index is 1.48. The van der Waals surface area contributed by atoms with Crippen LogP contribution in [0.15, 0.2) is 60.7 Å². The van der Waals surface area contributed by atoms with E-state index in [1.54, 1.807) is 6.07 Å². The third-order valence-electron chi connectivity index (χ3n) is 5.09. The summed E-state index contributed by atoms with van der Waals surface area (Å²) in [7, 11) is 0. The molecule has 0 unspecified atom stereocenters. The fourth-order valence-corrected chi connectivity index (χ4v) is 3.71. The zero-order chi connectivity index (χ0) is 17.9. The maximum Gasteiger partial charge on any atom is 0.143 e. The van der Waals surface area contributed by atoms with Gasteiger partial charge in [-0.25, -0.2) is 4.39 Å². The summed E-state index contributed by atoms with van der Waals surface area (Å²) in [6.07, 6.45) is 0. The van der Waals surface area contributed by atoms with Crippen LogP contribution in [0.4, 0.5) is 10.1 Å². The highest BCUT2D eigenvalue weighted by Gasteiger charge is 2.21. The van der Waals surface area contributed by atoms with Crippen molar-refractivity contribution < 1.29 is 4.39 Å². The molecule has 4 heteroatoms. The molecule has 1 aliphatic heterocycles. The molecule has 0 N–H and O–H groups in total. The van der Waals surface area contributed by atoms with E-state index in [4.69, 9.17) is 0 Å². The third-order valence-corrected chi connectivity index (χ3v) is 5.09. The Morgan fingerprint density at radius 3 is 2.42 bits per heavy atom. The Morgan fingerprint density at radius 1 is 0.885 bits per heavy atom. The van der Waals surface area contributed by atoms with Crippen LogP contribution in [0.25, 0.3) is 10.8 Å². The molecule has 1 saturated heterocycles. The minimum atomic E-state index is -0.441. The highest BCUT2D eigenvalue weighted by atomic mass is 19.1. The van der Waals surface area contributed by atoms with E-state index in [0.29, 0.717) is 5.69 Å². The Morgan fingerprint density at radius 2 is 1.62 bits per heavy atom. The first-order valence-corrected chi connectivity index (χ1v) is 8.89. The number of halogens is 1. The van der Waals surface area contributed by atoms with Gasteiger partial charge in [0.2, 0.25) is 0 Å². The molecule has 1 heterocycles. The number of rotatable bonds is 3. The Hall–Kier alpha value is -2.90. The van der Waals surface area contributed by atoms with Crippen LogP contribution >= 0.6 is 0 Å². The van der Waals surface area contributed by atoms with Crippen molar-refractivity contribution in [3.8, 4) is 6.07 Å². The molecule has 0 radical (unpaired) electrons. The topological polar surface area (TPSA) is 30.3 Å². The first-order chi connectivity index (χ1) is 12.8. The van der Waals surface area contributed by atoms with Gasteiger partial charge in [0.25, 0.3) is 0 Å². The lowest BCUT2D eigenvalue weighted by atomic mass is 10.0. The molecule has 0 bridgehead atoms. The van der Waals surface area contributed by atoms with Gasteiger partial charge in [-0.15, -0.1) is 0 Å². The molecule has 0 atom stereocenters. The van der Waals surface area contributed by atoms with Gasteiger partial charge in [0, 0.05) is 32.7 Å². The largest absolute Gasteiger partial charge is 0.368 e. The summed E-state index contributed by atoms with van der Waals surface area (Å²) in [6.45, 7) is 4.28. The van der Waals surface area contributed by atoms with Crippen LogP contribution in [0.1, 0.15) is 11.1 Å². The minimum Gasteiger partial charge on any atom is -0.368 e. The molecule has 0 amide bonds. The van der Waals surface area contributed by atoms with Gasteiger partial charge >= 0.3 is 0 Å². The molecule has 0 aromatic heterocycles. The summed E-state index contributed by atoms with van der Waals surface area (Å²) < 4.78 is 13.9. The summed E-state index contributed by atoms with van der Waals surface area (Å²) in [5.41, 5.74) is 2.19. The number of nitrogens with zero attached hydrogens (tertiary/aromatic N) is 3. The molecule has 0 saturated carbocycles. The lowest BCUT2D eigenvalue weighted by molar-refractivity contribution is 0.250. The highest BCUT2D eigenvalue weighted by molar-refractivity contribution is 5.85. The molecular formula is C22H20FN3. The van der Waals surface area contributed by atoms with Crippen LogP contribution in [0.3, 0.4) is 0 Å². The van der Waals surface area contributed by atoms with Gasteiger partial charge < -0.3 is 4.90 Å². The van der Waals surface area contributed by atoms with E-state index < -0.39 is 5.82 Å². The van der Waals surface area contributed by atoms with Crippen molar-refractivity contribution in [3.63, 3.8) is 0 Å². The van der Waals surface area contributed by atoms with E-state index in [1.165, 1.54) is 22.4 Å². The van der Waals surface area contributed by atoms with Crippen molar-refractivity contribution >= 4 is 16.5 Å². The zero-order valence-electron chi connectivity index (χ0n) is 14.5. The van der Waals surface area contributed by atoms with Gasteiger partial charge in [0.15, 0.2) is 0 Å². The van der Waals surface area contributed by atoms with E-state index in [9.17, 15) is 9.65 Å². The van der Waals surface area contributed by atoms with Crippen LogP contribution < -0.4 is 4.90 Å². The van der Waals surface area contributed by atoms with E-state index in [2.05, 4.69) is 52.3 Å². The summed E-state index contributed by atoms with van der Waals surface area (Å²) >= 11 is 0. The predicted molar refractivity (Wildman–Crippen MR) is 103 cm³/mol. The van der Waals surface area contributed by atoms with E-state index in [-0.39, 0.29) is 5.56 Å². The second-order valence-corrected chi connectivity index (χ2v) is 6.65. The summed E-state index contributed by atoms with van der Waals surface area (Å²) in [4.78, 5) is 4.53. The SMILES string of the molecule is N#Cc1c(F)cccc1N1CCN(Cc2cccc3ccccc23)CC1. The van der Waals surface area contributed by atoms with Gasteiger partial charge in [-0.3, -0.25) is 4.90 Å². The molecule has 3 aromatic carbocycles. The highest BCUT2D eigenvalue weighted by Crippen LogP contribution is 2.25. The Labute approximate surface area is 152 Å². The lowest BCUT2D eigenvalue weighted by Gasteiger charge is -2.36. The predicted octanol–water partition coefficient (Wildman–Crippen LogP) is 4.17. The normalized spacial score (nSPS) is 15.2. The molecule has 3 nitrogen and oxygen atoms in total. The van der Waals surface area contributed by atoms with Crippen molar-refractivity contribution in [3.05, 3.63) is 77.6 Å². The maximum atomic E-state index is 13.9. The number of hydrogen-bond acceptors (Lipinski definition) is 3. The van der Waals surface area contributed by atoms with Crippen LogP contribution in [-0.2, 0) is 6.54 Å². The van der Waals surface area contributed by atoms with Crippen molar-refractivity contribution in [1.82, 2.24) is 4.90 Å². The molecule has 0 aliphatic carbocycles. The minimum absolute atomic E-state index is 0.148. The molecule has 130 valence electrons. The third kappa shape index (κ3) is 3.14. The van der Waals surface area contributed by atoms with Crippen molar-refractivity contribution in [2.24, 2.45) is 0 Å². The second kappa shape index (κ2) is 7.15. The smallest absolute Gasteiger partial charge is 0.143 e. The molecule has 0 spiro atoms. The van der Waals surface area contributed by atoms with Gasteiger partial charge in [0.05, 0.1) is 5.69 Å². The number of anilines is 1. The molecule has 4 rings (SSSR count). The van der Waals surface area contributed by atoms with Crippen LogP contribution in [0.5, 0.6) is 0 Å². The lowest BCUT2D eigenvalue weighted by Crippen LogP contribution is -2.46. The van der Waals surface area contributed by atoms with Gasteiger partial charge in [-0.1, -0.05) is 48.5 Å². The second-order valence-electron chi connectivity index (χ2n) is 6.65. The van der Waals surface area contributed by atoms with Crippen molar-refractivity contribution in [2.75, 3.05) is 31.1 Å². The average molecular weight is 345 g/mol. The molecular weight excluding hydrogens is 325 g/mol. The van der Waals surface area contributed by atoms with Crippen molar-refractivity contribution in [2.45, 2.75) is 6.54 Å². The Kier molecular flexibility index (Phi) is 4.55. The molecule has 1 aliphatic rings. The van der Waals surface area contributed by atoms with Crippen molar-refractivity contribution in [1.29, 1.82) is 5.26 Å². The number of benzene rings is 3. The first kappa shape index (κ1) is 16.6. The Bertz CT molecular complexity index is 963. The summed E-state index contributed by atoms with van der Waals surface area (Å²) in [5, 5.41) is 11.8. The van der Waals surface area contributed by atoms with Gasteiger partial charge in [0.1, 0.15) is 17.4 Å². The quantitative estimate of drug-likeness (QED) is 0.714. The summed E-state index contributed by atoms with van der Waals surface area (Å²) in [6, 6.07) is 21.8. The summed E-state index contributed by atoms with van der Waals surface area (Å²) in [5.74, 6) is -0.441. The van der Waals surface area contributed by atoms with E-state index >= 15 is 0 Å². The fraction of sp³-hybridized carbons (Fsp3) is 0.227. The standard InChI is InChI=1S/C22H20FN3/c23-21-9-4-10-22(20(21)15-24)26-13-11-25(12-14-26)16-18-7-3-6-17-5-1-2-8-19(17)18/h1-10H,11-14,16H2. The van der Waals surface area contributed by atoms with Crippen LogP contribution in [0.2, 0.25) is 0 Å². The maximum absolute atomic E-state index is 13.9. The van der Waals surface area contributed by atoms with Gasteiger partial charge in [-0.2, -0.15) is 5.26 Å². The molecule has 26 heavy (non-hydrogen) atoms. The number of hydrogen-bond donors (Lipinski definition) is 0. The molecule has 1 fully saturated rings.